The van der Waals surface area contributed by atoms with E-state index in [9.17, 15) is 4.79 Å². The third-order valence-corrected chi connectivity index (χ3v) is 3.28. The van der Waals surface area contributed by atoms with Crippen molar-refractivity contribution in [2.24, 2.45) is 5.92 Å². The molecule has 2 rings (SSSR count). The van der Waals surface area contributed by atoms with Gasteiger partial charge in [0.15, 0.2) is 0 Å². The van der Waals surface area contributed by atoms with E-state index in [4.69, 9.17) is 0 Å². The Labute approximate surface area is 108 Å². The Morgan fingerprint density at radius 1 is 1.56 bits per heavy atom. The summed E-state index contributed by atoms with van der Waals surface area (Å²) in [6, 6.07) is 7.97. The summed E-state index contributed by atoms with van der Waals surface area (Å²) in [4.78, 5) is 11.1. The van der Waals surface area contributed by atoms with Crippen LogP contribution >= 0.6 is 0 Å². The molecule has 1 amide bonds. The summed E-state index contributed by atoms with van der Waals surface area (Å²) >= 11 is 0. The lowest BCUT2D eigenvalue weighted by atomic mass is 9.92. The Hall–Kier alpha value is -1.55. The third kappa shape index (κ3) is 3.74. The number of carbonyl (C=O) groups is 1. The van der Waals surface area contributed by atoms with Gasteiger partial charge in [-0.15, -0.1) is 0 Å². The van der Waals surface area contributed by atoms with Crippen LogP contribution in [0.4, 0.5) is 10.5 Å². The molecule has 1 aliphatic heterocycles. The molecule has 0 radical (unpaired) electrons. The van der Waals surface area contributed by atoms with Crippen LogP contribution in [0.2, 0.25) is 0 Å². The first kappa shape index (κ1) is 12.9. The predicted molar refractivity (Wildman–Crippen MR) is 71.8 cm³/mol. The van der Waals surface area contributed by atoms with Crippen molar-refractivity contribution in [3.63, 3.8) is 0 Å². The maximum atomic E-state index is 11.1. The lowest BCUT2D eigenvalue weighted by Crippen LogP contribution is -2.30. The van der Waals surface area contributed by atoms with Crippen molar-refractivity contribution in [2.45, 2.75) is 19.3 Å². The van der Waals surface area contributed by atoms with Gasteiger partial charge in [-0.1, -0.05) is 12.1 Å². The molecule has 4 heteroatoms. The van der Waals surface area contributed by atoms with E-state index < -0.39 is 6.09 Å². The van der Waals surface area contributed by atoms with Crippen molar-refractivity contribution in [3.8, 4) is 0 Å². The lowest BCUT2D eigenvalue weighted by molar-refractivity contribution is 0.187. The molecule has 1 unspecified atom stereocenters. The summed E-state index contributed by atoms with van der Waals surface area (Å²) in [6.45, 7) is 2.23. The molecule has 0 spiro atoms. The SMILES string of the molecule is COC(=O)Nc1cccc(CC2CCCNC2)c1. The summed E-state index contributed by atoms with van der Waals surface area (Å²) in [7, 11) is 1.37. The molecular formula is C14H20N2O2. The van der Waals surface area contributed by atoms with E-state index in [0.717, 1.165) is 25.2 Å². The summed E-state index contributed by atoms with van der Waals surface area (Å²) in [5.74, 6) is 0.701. The van der Waals surface area contributed by atoms with Gasteiger partial charge in [0.05, 0.1) is 7.11 Å². The maximum absolute atomic E-state index is 11.1. The van der Waals surface area contributed by atoms with Crippen LogP contribution in [0.5, 0.6) is 0 Å². The van der Waals surface area contributed by atoms with Crippen molar-refractivity contribution in [1.29, 1.82) is 0 Å². The number of methoxy groups -OCH3 is 1. The maximum Gasteiger partial charge on any atom is 0.411 e. The molecule has 1 aromatic rings. The number of rotatable bonds is 3. The fourth-order valence-corrected chi connectivity index (χ4v) is 2.38. The standard InChI is InChI=1S/C14H20N2O2/c1-18-14(17)16-13-6-2-4-11(9-13)8-12-5-3-7-15-10-12/h2,4,6,9,12,15H,3,5,7-8,10H2,1H3,(H,16,17). The second kappa shape index (κ2) is 6.40. The molecule has 0 saturated carbocycles. The smallest absolute Gasteiger partial charge is 0.411 e. The first-order valence-corrected chi connectivity index (χ1v) is 6.42. The molecule has 1 saturated heterocycles. The highest BCUT2D eigenvalue weighted by Gasteiger charge is 2.13. The molecule has 2 N–H and O–H groups in total. The zero-order chi connectivity index (χ0) is 12.8. The van der Waals surface area contributed by atoms with E-state index in [2.05, 4.69) is 21.4 Å². The van der Waals surface area contributed by atoms with Crippen LogP contribution in [-0.2, 0) is 11.2 Å². The zero-order valence-electron chi connectivity index (χ0n) is 10.7. The van der Waals surface area contributed by atoms with Gasteiger partial charge in [0.25, 0.3) is 0 Å². The third-order valence-electron chi connectivity index (χ3n) is 3.28. The summed E-state index contributed by atoms with van der Waals surface area (Å²) in [5.41, 5.74) is 2.06. The molecule has 1 fully saturated rings. The Kier molecular flexibility index (Phi) is 4.59. The van der Waals surface area contributed by atoms with Crippen molar-refractivity contribution < 1.29 is 9.53 Å². The highest BCUT2D eigenvalue weighted by molar-refractivity contribution is 5.84. The largest absolute Gasteiger partial charge is 0.453 e. The molecule has 1 atom stereocenters. The second-order valence-electron chi connectivity index (χ2n) is 4.73. The minimum Gasteiger partial charge on any atom is -0.453 e. The van der Waals surface area contributed by atoms with E-state index in [1.807, 2.05) is 18.2 Å². The number of carbonyl (C=O) groups excluding carboxylic acids is 1. The van der Waals surface area contributed by atoms with Crippen LogP contribution < -0.4 is 10.6 Å². The van der Waals surface area contributed by atoms with Crippen LogP contribution in [0.3, 0.4) is 0 Å². The van der Waals surface area contributed by atoms with Gasteiger partial charge in [-0.3, -0.25) is 5.32 Å². The fraction of sp³-hybridized carbons (Fsp3) is 0.500. The average Bonchev–Trinajstić information content (AvgIpc) is 2.40. The number of nitrogens with one attached hydrogen (secondary N) is 2. The van der Waals surface area contributed by atoms with Crippen molar-refractivity contribution in [3.05, 3.63) is 29.8 Å². The monoisotopic (exact) mass is 248 g/mol. The van der Waals surface area contributed by atoms with Gasteiger partial charge < -0.3 is 10.1 Å². The van der Waals surface area contributed by atoms with Crippen LogP contribution in [0, 0.1) is 5.92 Å². The molecule has 18 heavy (non-hydrogen) atoms. The first-order chi connectivity index (χ1) is 8.78. The highest BCUT2D eigenvalue weighted by Crippen LogP contribution is 2.19. The number of amides is 1. The minimum absolute atomic E-state index is 0.425. The quantitative estimate of drug-likeness (QED) is 0.863. The van der Waals surface area contributed by atoms with E-state index in [-0.39, 0.29) is 0 Å². The molecule has 0 aliphatic carbocycles. The van der Waals surface area contributed by atoms with Gasteiger partial charge in [0.1, 0.15) is 0 Å². The zero-order valence-corrected chi connectivity index (χ0v) is 10.7. The van der Waals surface area contributed by atoms with Crippen LogP contribution in [0.15, 0.2) is 24.3 Å². The molecule has 1 heterocycles. The molecular weight excluding hydrogens is 228 g/mol. The molecule has 4 nitrogen and oxygen atoms in total. The molecule has 0 bridgehead atoms. The predicted octanol–water partition coefficient (Wildman–Crippen LogP) is 2.41. The summed E-state index contributed by atoms with van der Waals surface area (Å²) < 4.78 is 4.58. The molecule has 0 aromatic heterocycles. The number of ether oxygens (including phenoxy) is 1. The first-order valence-electron chi connectivity index (χ1n) is 6.42. The Morgan fingerprint density at radius 2 is 2.44 bits per heavy atom. The topological polar surface area (TPSA) is 50.4 Å². The average molecular weight is 248 g/mol. The lowest BCUT2D eigenvalue weighted by Gasteiger charge is -2.22. The Bertz CT molecular complexity index is 401. The van der Waals surface area contributed by atoms with E-state index in [1.165, 1.54) is 25.5 Å². The van der Waals surface area contributed by atoms with Gasteiger partial charge in [0.2, 0.25) is 0 Å². The summed E-state index contributed by atoms with van der Waals surface area (Å²) in [5, 5.41) is 6.11. The van der Waals surface area contributed by atoms with Crippen LogP contribution in [-0.4, -0.2) is 26.3 Å². The van der Waals surface area contributed by atoms with Crippen molar-refractivity contribution >= 4 is 11.8 Å². The number of benzene rings is 1. The van der Waals surface area contributed by atoms with Gasteiger partial charge in [-0.25, -0.2) is 4.79 Å². The van der Waals surface area contributed by atoms with Gasteiger partial charge in [-0.2, -0.15) is 0 Å². The molecule has 1 aliphatic rings. The highest BCUT2D eigenvalue weighted by atomic mass is 16.5. The van der Waals surface area contributed by atoms with E-state index in [1.54, 1.807) is 0 Å². The van der Waals surface area contributed by atoms with Gasteiger partial charge >= 0.3 is 6.09 Å². The number of hydrogen-bond acceptors (Lipinski definition) is 3. The van der Waals surface area contributed by atoms with Crippen molar-refractivity contribution in [1.82, 2.24) is 5.32 Å². The number of anilines is 1. The Balaban J connectivity index is 1.95. The van der Waals surface area contributed by atoms with Gasteiger partial charge in [-0.05, 0) is 56.0 Å². The number of piperidine rings is 1. The van der Waals surface area contributed by atoms with Crippen molar-refractivity contribution in [2.75, 3.05) is 25.5 Å². The van der Waals surface area contributed by atoms with Crippen LogP contribution in [0.1, 0.15) is 18.4 Å². The molecule has 1 aromatic carbocycles. The number of hydrogen-bond donors (Lipinski definition) is 2. The normalized spacial score (nSPS) is 19.3. The minimum atomic E-state index is -0.425. The molecule has 98 valence electrons. The van der Waals surface area contributed by atoms with E-state index in [0.29, 0.717) is 5.92 Å². The second-order valence-corrected chi connectivity index (χ2v) is 4.73. The fourth-order valence-electron chi connectivity index (χ4n) is 2.38. The summed E-state index contributed by atoms with van der Waals surface area (Å²) in [6.07, 6.45) is 3.17. The van der Waals surface area contributed by atoms with Crippen LogP contribution in [0.25, 0.3) is 0 Å². The van der Waals surface area contributed by atoms with E-state index >= 15 is 0 Å². The van der Waals surface area contributed by atoms with Gasteiger partial charge in [0, 0.05) is 5.69 Å². The Morgan fingerprint density at radius 3 is 3.17 bits per heavy atom.